The molecule has 0 aliphatic carbocycles. The van der Waals surface area contributed by atoms with Crippen molar-refractivity contribution in [3.8, 4) is 11.8 Å². The molecule has 6 heteroatoms. The maximum Gasteiger partial charge on any atom is 0.258 e. The number of hydrogen-bond acceptors (Lipinski definition) is 4. The number of halogens is 1. The number of aromatic nitrogens is 2. The van der Waals surface area contributed by atoms with E-state index in [2.05, 4.69) is 27.1 Å². The molecule has 0 aliphatic heterocycles. The van der Waals surface area contributed by atoms with Gasteiger partial charge in [0.15, 0.2) is 0 Å². The van der Waals surface area contributed by atoms with Gasteiger partial charge in [0.05, 0.1) is 17.8 Å². The van der Waals surface area contributed by atoms with E-state index in [-0.39, 0.29) is 12.5 Å². The molecule has 0 spiro atoms. The zero-order valence-corrected chi connectivity index (χ0v) is 11.2. The standard InChI is InChI=1S/C14H11ClN4O/c15-12-3-4-13(10(6-12)2-1-5-16)19-14(20)11-7-17-9-18-8-11/h3-4,6-9H,5,16H2,(H,19,20). The molecule has 0 unspecified atom stereocenters. The van der Waals surface area contributed by atoms with Crippen molar-refractivity contribution in [2.45, 2.75) is 0 Å². The van der Waals surface area contributed by atoms with Gasteiger partial charge in [-0.25, -0.2) is 9.97 Å². The number of carbonyl (C=O) groups excluding carboxylic acids is 1. The van der Waals surface area contributed by atoms with Crippen molar-refractivity contribution >= 4 is 23.2 Å². The van der Waals surface area contributed by atoms with Gasteiger partial charge < -0.3 is 11.1 Å². The van der Waals surface area contributed by atoms with Crippen molar-refractivity contribution in [1.29, 1.82) is 0 Å². The van der Waals surface area contributed by atoms with Crippen LogP contribution in [0.2, 0.25) is 5.02 Å². The quantitative estimate of drug-likeness (QED) is 0.823. The molecule has 1 aromatic heterocycles. The molecular weight excluding hydrogens is 276 g/mol. The maximum absolute atomic E-state index is 12.0. The molecule has 0 fully saturated rings. The number of hydrogen-bond donors (Lipinski definition) is 2. The normalized spacial score (nSPS) is 9.50. The lowest BCUT2D eigenvalue weighted by Gasteiger charge is -2.07. The molecule has 0 atom stereocenters. The molecular formula is C14H11ClN4O. The van der Waals surface area contributed by atoms with Crippen LogP contribution in [0.15, 0.2) is 36.9 Å². The lowest BCUT2D eigenvalue weighted by Crippen LogP contribution is -2.13. The summed E-state index contributed by atoms with van der Waals surface area (Å²) in [7, 11) is 0. The van der Waals surface area contributed by atoms with Gasteiger partial charge in [-0.3, -0.25) is 4.79 Å². The Balaban J connectivity index is 2.27. The van der Waals surface area contributed by atoms with E-state index in [1.54, 1.807) is 18.2 Å². The van der Waals surface area contributed by atoms with Crippen molar-refractivity contribution < 1.29 is 4.79 Å². The monoisotopic (exact) mass is 286 g/mol. The zero-order valence-electron chi connectivity index (χ0n) is 10.4. The van der Waals surface area contributed by atoms with Crippen molar-refractivity contribution in [2.24, 2.45) is 5.73 Å². The molecule has 5 nitrogen and oxygen atoms in total. The minimum absolute atomic E-state index is 0.229. The third kappa shape index (κ3) is 3.54. The largest absolute Gasteiger partial charge is 0.321 e. The van der Waals surface area contributed by atoms with E-state index in [0.29, 0.717) is 21.8 Å². The summed E-state index contributed by atoms with van der Waals surface area (Å²) in [6.07, 6.45) is 4.23. The highest BCUT2D eigenvalue weighted by atomic mass is 35.5. The average molecular weight is 287 g/mol. The Morgan fingerprint density at radius 2 is 2.10 bits per heavy atom. The molecule has 20 heavy (non-hydrogen) atoms. The van der Waals surface area contributed by atoms with Gasteiger partial charge in [0.25, 0.3) is 5.91 Å². The average Bonchev–Trinajstić information content (AvgIpc) is 2.48. The number of benzene rings is 1. The molecule has 1 aromatic carbocycles. The molecule has 0 aliphatic rings. The molecule has 0 bridgehead atoms. The summed E-state index contributed by atoms with van der Waals surface area (Å²) >= 11 is 5.92. The lowest BCUT2D eigenvalue weighted by molar-refractivity contribution is 0.102. The maximum atomic E-state index is 12.0. The molecule has 1 amide bonds. The fourth-order valence-corrected chi connectivity index (χ4v) is 1.66. The minimum Gasteiger partial charge on any atom is -0.321 e. The minimum atomic E-state index is -0.316. The summed E-state index contributed by atoms with van der Waals surface area (Å²) < 4.78 is 0. The second-order valence-corrected chi connectivity index (χ2v) is 4.21. The van der Waals surface area contributed by atoms with Crippen LogP contribution in [0.4, 0.5) is 5.69 Å². The van der Waals surface area contributed by atoms with Crippen LogP contribution in [0.1, 0.15) is 15.9 Å². The van der Waals surface area contributed by atoms with E-state index >= 15 is 0 Å². The van der Waals surface area contributed by atoms with E-state index in [0.717, 1.165) is 0 Å². The number of rotatable bonds is 2. The summed E-state index contributed by atoms with van der Waals surface area (Å²) in [5.41, 5.74) is 6.87. The Morgan fingerprint density at radius 1 is 1.35 bits per heavy atom. The van der Waals surface area contributed by atoms with Crippen LogP contribution in [0.5, 0.6) is 0 Å². The topological polar surface area (TPSA) is 80.9 Å². The van der Waals surface area contributed by atoms with Crippen LogP contribution < -0.4 is 11.1 Å². The second-order valence-electron chi connectivity index (χ2n) is 3.78. The number of nitrogens with two attached hydrogens (primary N) is 1. The Hall–Kier alpha value is -2.42. The number of nitrogens with one attached hydrogen (secondary N) is 1. The van der Waals surface area contributed by atoms with Gasteiger partial charge in [-0.2, -0.15) is 0 Å². The molecule has 0 radical (unpaired) electrons. The van der Waals surface area contributed by atoms with Crippen LogP contribution in [0.3, 0.4) is 0 Å². The Bertz CT molecular complexity index is 677. The first-order chi connectivity index (χ1) is 9.70. The highest BCUT2D eigenvalue weighted by molar-refractivity contribution is 6.30. The van der Waals surface area contributed by atoms with E-state index in [9.17, 15) is 4.79 Å². The van der Waals surface area contributed by atoms with Crippen LogP contribution in [-0.4, -0.2) is 22.4 Å². The van der Waals surface area contributed by atoms with Gasteiger partial charge >= 0.3 is 0 Å². The zero-order chi connectivity index (χ0) is 14.4. The van der Waals surface area contributed by atoms with E-state index in [1.807, 2.05) is 0 Å². The highest BCUT2D eigenvalue weighted by Crippen LogP contribution is 2.20. The van der Waals surface area contributed by atoms with Crippen molar-refractivity contribution in [1.82, 2.24) is 9.97 Å². The molecule has 100 valence electrons. The summed E-state index contributed by atoms with van der Waals surface area (Å²) in [6.45, 7) is 0.229. The van der Waals surface area contributed by atoms with Crippen molar-refractivity contribution in [3.63, 3.8) is 0 Å². The number of anilines is 1. The second kappa shape index (κ2) is 6.66. The molecule has 3 N–H and O–H groups in total. The van der Waals surface area contributed by atoms with Gasteiger partial charge in [0.1, 0.15) is 6.33 Å². The Morgan fingerprint density at radius 3 is 2.80 bits per heavy atom. The van der Waals surface area contributed by atoms with Crippen LogP contribution in [-0.2, 0) is 0 Å². The van der Waals surface area contributed by atoms with Crippen molar-refractivity contribution in [3.05, 3.63) is 53.1 Å². The van der Waals surface area contributed by atoms with Gasteiger partial charge in [-0.15, -0.1) is 0 Å². The van der Waals surface area contributed by atoms with Gasteiger partial charge in [0.2, 0.25) is 0 Å². The van der Waals surface area contributed by atoms with Crippen molar-refractivity contribution in [2.75, 3.05) is 11.9 Å². The smallest absolute Gasteiger partial charge is 0.258 e. The first kappa shape index (κ1) is 14.0. The SMILES string of the molecule is NCC#Cc1cc(Cl)ccc1NC(=O)c1cncnc1. The number of amides is 1. The Kier molecular flexibility index (Phi) is 4.66. The van der Waals surface area contributed by atoms with E-state index in [4.69, 9.17) is 17.3 Å². The molecule has 1 heterocycles. The lowest BCUT2D eigenvalue weighted by atomic mass is 10.1. The molecule has 2 aromatic rings. The highest BCUT2D eigenvalue weighted by Gasteiger charge is 2.09. The van der Waals surface area contributed by atoms with Gasteiger partial charge in [0, 0.05) is 23.0 Å². The summed E-state index contributed by atoms with van der Waals surface area (Å²) in [6, 6.07) is 5.03. The number of nitrogens with zero attached hydrogens (tertiary/aromatic N) is 2. The first-order valence-electron chi connectivity index (χ1n) is 5.75. The fraction of sp³-hybridized carbons (Fsp3) is 0.0714. The van der Waals surface area contributed by atoms with Gasteiger partial charge in [-0.05, 0) is 18.2 Å². The molecule has 0 saturated heterocycles. The fourth-order valence-electron chi connectivity index (χ4n) is 1.49. The predicted octanol–water partition coefficient (Wildman–Crippen LogP) is 1.69. The van der Waals surface area contributed by atoms with Gasteiger partial charge in [-0.1, -0.05) is 23.4 Å². The summed E-state index contributed by atoms with van der Waals surface area (Å²) in [5.74, 6) is 5.28. The van der Waals surface area contributed by atoms with E-state index < -0.39 is 0 Å². The first-order valence-corrected chi connectivity index (χ1v) is 6.13. The van der Waals surface area contributed by atoms with Crippen LogP contribution in [0, 0.1) is 11.8 Å². The summed E-state index contributed by atoms with van der Waals surface area (Å²) in [4.78, 5) is 19.6. The Labute approximate surface area is 121 Å². The van der Waals surface area contributed by atoms with Crippen LogP contribution in [0.25, 0.3) is 0 Å². The molecule has 0 saturated carbocycles. The third-order valence-corrected chi connectivity index (χ3v) is 2.61. The number of carbonyl (C=O) groups is 1. The molecule has 2 rings (SSSR count). The van der Waals surface area contributed by atoms with E-state index in [1.165, 1.54) is 18.7 Å². The summed E-state index contributed by atoms with van der Waals surface area (Å²) in [5, 5.41) is 3.28. The van der Waals surface area contributed by atoms with Crippen LogP contribution >= 0.6 is 11.6 Å². The third-order valence-electron chi connectivity index (χ3n) is 2.38. The predicted molar refractivity (Wildman–Crippen MR) is 77.4 cm³/mol.